The summed E-state index contributed by atoms with van der Waals surface area (Å²) in [6, 6.07) is 4.20. The molecule has 0 fully saturated rings. The molecule has 4 rings (SSSR count). The highest BCUT2D eigenvalue weighted by Gasteiger charge is 2.46. The van der Waals surface area contributed by atoms with Crippen LogP contribution in [0.15, 0.2) is 36.9 Å². The molecule has 33 heavy (non-hydrogen) atoms. The fourth-order valence-electron chi connectivity index (χ4n) is 5.38. The van der Waals surface area contributed by atoms with Gasteiger partial charge in [-0.3, -0.25) is 0 Å². The molecule has 0 saturated carbocycles. The van der Waals surface area contributed by atoms with Gasteiger partial charge in [0.2, 0.25) is 0 Å². The lowest BCUT2D eigenvalue weighted by Gasteiger charge is -2.44. The van der Waals surface area contributed by atoms with Gasteiger partial charge in [0.05, 0.1) is 5.02 Å². The van der Waals surface area contributed by atoms with Crippen molar-refractivity contribution >= 4 is 64.5 Å². The van der Waals surface area contributed by atoms with Crippen molar-refractivity contribution in [2.45, 2.75) is 79.4 Å². The van der Waals surface area contributed by atoms with E-state index in [0.717, 1.165) is 27.3 Å². The second-order valence-corrected chi connectivity index (χ2v) is 16.7. The molecule has 0 unspecified atom stereocenters. The lowest BCUT2D eigenvalue weighted by atomic mass is 10.2. The van der Waals surface area contributed by atoms with E-state index < -0.39 is 8.24 Å². The average Bonchev–Trinajstić information content (AvgIpc) is 3.36. The smallest absolute Gasteiger partial charge is 0.171 e. The van der Waals surface area contributed by atoms with Gasteiger partial charge in [-0.2, -0.15) is 0 Å². The largest absolute Gasteiger partial charge is 0.359 e. The van der Waals surface area contributed by atoms with Crippen LogP contribution in [0.25, 0.3) is 22.1 Å². The predicted molar refractivity (Wildman–Crippen MR) is 156 cm³/mol. The van der Waals surface area contributed by atoms with Crippen molar-refractivity contribution in [1.29, 1.82) is 0 Å². The maximum atomic E-state index is 6.49. The summed E-state index contributed by atoms with van der Waals surface area (Å²) in [5.41, 5.74) is 6.26. The summed E-state index contributed by atoms with van der Waals surface area (Å²) in [6.45, 7) is 18.3. The summed E-state index contributed by atoms with van der Waals surface area (Å²) in [4.78, 5) is 12.0. The van der Waals surface area contributed by atoms with E-state index in [9.17, 15) is 0 Å². The van der Waals surface area contributed by atoms with E-state index >= 15 is 0 Å². The maximum absolute atomic E-state index is 6.49. The fourth-order valence-corrected chi connectivity index (χ4v) is 12.7. The molecule has 0 saturated heterocycles. The number of H-pyrrole nitrogens is 1. The zero-order valence-corrected chi connectivity index (χ0v) is 24.2. The number of aryl methyl sites for hydroxylation is 2. The van der Waals surface area contributed by atoms with Gasteiger partial charge in [-0.05, 0) is 82.5 Å². The molecule has 0 atom stereocenters. The number of hydrogen-bond donors (Lipinski definition) is 1. The molecule has 0 radical (unpaired) electrons. The molecule has 0 bridgehead atoms. The molecule has 4 aromatic rings. The monoisotopic (exact) mass is 596 g/mol. The Morgan fingerprint density at radius 3 is 2.06 bits per heavy atom. The number of halogens is 2. The van der Waals surface area contributed by atoms with Gasteiger partial charge >= 0.3 is 0 Å². The van der Waals surface area contributed by atoms with Crippen LogP contribution >= 0.6 is 34.2 Å². The molecule has 4 nitrogen and oxygen atoms in total. The highest BCUT2D eigenvalue weighted by molar-refractivity contribution is 14.1. The molecular weight excluding hydrogens is 559 g/mol. The fraction of sp³-hybridized carbons (Fsp3) is 0.462. The van der Waals surface area contributed by atoms with Crippen LogP contribution in [-0.2, 0) is 0 Å². The van der Waals surface area contributed by atoms with Gasteiger partial charge in [0.1, 0.15) is 11.3 Å². The summed E-state index contributed by atoms with van der Waals surface area (Å²) in [5, 5.41) is 3.15. The van der Waals surface area contributed by atoms with Crippen molar-refractivity contribution in [2.24, 2.45) is 0 Å². The van der Waals surface area contributed by atoms with Crippen LogP contribution in [0.4, 0.5) is 0 Å². The zero-order valence-electron chi connectivity index (χ0n) is 20.3. The Bertz CT molecular complexity index is 1200. The summed E-state index contributed by atoms with van der Waals surface area (Å²) < 4.78 is 3.79. The minimum absolute atomic E-state index is 0. The van der Waals surface area contributed by atoms with Crippen LogP contribution in [0, 0.1) is 17.4 Å². The Kier molecular flexibility index (Phi) is 9.21. The number of rotatable bonds is 4. The topological polar surface area (TPSA) is 46.5 Å². The van der Waals surface area contributed by atoms with Crippen molar-refractivity contribution in [3.8, 4) is 0 Å². The second kappa shape index (κ2) is 10.9. The predicted octanol–water partition coefficient (Wildman–Crippen LogP) is 9.13. The first-order chi connectivity index (χ1) is 15.0. The number of nitrogens with zero attached hydrogens (tertiary/aromatic N) is 3. The quantitative estimate of drug-likeness (QED) is 0.189. The highest BCUT2D eigenvalue weighted by atomic mass is 127. The van der Waals surface area contributed by atoms with Crippen LogP contribution in [0.2, 0.25) is 21.6 Å². The number of hydrogen-bond acceptors (Lipinski definition) is 2. The van der Waals surface area contributed by atoms with Gasteiger partial charge in [0.25, 0.3) is 0 Å². The Hall–Kier alpha value is -1.38. The number of aromatic amines is 1. The van der Waals surface area contributed by atoms with Gasteiger partial charge in [-0.25, -0.2) is 9.97 Å². The van der Waals surface area contributed by atoms with E-state index in [1.807, 2.05) is 25.5 Å². The van der Waals surface area contributed by atoms with E-state index in [1.165, 1.54) is 14.5 Å². The standard InChI is InChI=1S/C17H27ClN2Si.C8H7IN2.CH4/c1-11(2)21(12(3)4,13(5)6)20-9-8-15-16(18)14(7)10-19-17(15)20;1-5-4-11-8-6(7(5)9)2-3-10-8;/h8-13H,1-7H3;2-4H,1H3,(H,10,11);1H4. The van der Waals surface area contributed by atoms with Crippen molar-refractivity contribution in [1.82, 2.24) is 19.2 Å². The van der Waals surface area contributed by atoms with Crippen LogP contribution < -0.4 is 0 Å². The highest BCUT2D eigenvalue weighted by Crippen LogP contribution is 2.44. The molecule has 1 N–H and O–H groups in total. The number of nitrogens with one attached hydrogen (secondary N) is 1. The Balaban J connectivity index is 0.000000270. The zero-order chi connectivity index (χ0) is 23.8. The van der Waals surface area contributed by atoms with Crippen molar-refractivity contribution in [3.63, 3.8) is 0 Å². The lowest BCUT2D eigenvalue weighted by Crippen LogP contribution is -2.51. The third kappa shape index (κ3) is 4.89. The van der Waals surface area contributed by atoms with Crippen molar-refractivity contribution in [3.05, 3.63) is 56.6 Å². The first-order valence-electron chi connectivity index (χ1n) is 11.2. The summed E-state index contributed by atoms with van der Waals surface area (Å²) in [7, 11) is -1.76. The van der Waals surface area contributed by atoms with Crippen molar-refractivity contribution in [2.75, 3.05) is 0 Å². The SMILES string of the molecule is C.Cc1cnc2[nH]ccc2c1I.Cc1cnc2c(ccn2[Si](C(C)C)(C(C)C)C(C)C)c1Cl. The number of aromatic nitrogens is 4. The van der Waals surface area contributed by atoms with E-state index in [0.29, 0.717) is 16.6 Å². The Morgan fingerprint density at radius 1 is 0.909 bits per heavy atom. The number of fused-ring (bicyclic) bond motifs is 2. The molecule has 0 aliphatic carbocycles. The van der Waals surface area contributed by atoms with Gasteiger partial charge < -0.3 is 9.22 Å². The Labute approximate surface area is 218 Å². The third-order valence-electron chi connectivity index (χ3n) is 6.71. The van der Waals surface area contributed by atoms with Gasteiger partial charge in [-0.15, -0.1) is 0 Å². The van der Waals surface area contributed by atoms with E-state index in [2.05, 4.69) is 104 Å². The summed E-state index contributed by atoms with van der Waals surface area (Å²) in [6.07, 6.45) is 7.94. The molecule has 0 spiro atoms. The third-order valence-corrected chi connectivity index (χ3v) is 15.4. The summed E-state index contributed by atoms with van der Waals surface area (Å²) in [5.74, 6) is 0. The van der Waals surface area contributed by atoms with Gasteiger partial charge in [-0.1, -0.05) is 60.6 Å². The van der Waals surface area contributed by atoms with Gasteiger partial charge in [0.15, 0.2) is 8.24 Å². The van der Waals surface area contributed by atoms with E-state index in [4.69, 9.17) is 16.6 Å². The van der Waals surface area contributed by atoms with Crippen LogP contribution in [-0.4, -0.2) is 27.4 Å². The molecule has 4 heterocycles. The first-order valence-corrected chi connectivity index (χ1v) is 14.9. The number of pyridine rings is 2. The van der Waals surface area contributed by atoms with Crippen LogP contribution in [0.5, 0.6) is 0 Å². The average molecular weight is 597 g/mol. The second-order valence-electron chi connectivity index (χ2n) is 9.52. The summed E-state index contributed by atoms with van der Waals surface area (Å²) >= 11 is 8.83. The normalized spacial score (nSPS) is 11.9. The molecule has 4 aromatic heterocycles. The minimum atomic E-state index is -1.76. The molecule has 0 aromatic carbocycles. The maximum Gasteiger partial charge on any atom is 0.171 e. The molecule has 0 amide bonds. The molecule has 180 valence electrons. The first kappa shape index (κ1) is 27.9. The minimum Gasteiger partial charge on any atom is -0.359 e. The van der Waals surface area contributed by atoms with Crippen molar-refractivity contribution < 1.29 is 0 Å². The lowest BCUT2D eigenvalue weighted by molar-refractivity contribution is 0.770. The van der Waals surface area contributed by atoms with E-state index in [-0.39, 0.29) is 7.43 Å². The molecular formula is C26H38ClIN4Si. The van der Waals surface area contributed by atoms with E-state index in [1.54, 1.807) is 0 Å². The molecule has 7 heteroatoms. The molecule has 0 aliphatic rings. The molecule has 0 aliphatic heterocycles. The van der Waals surface area contributed by atoms with Gasteiger partial charge in [0, 0.05) is 32.9 Å². The Morgan fingerprint density at radius 2 is 1.48 bits per heavy atom. The van der Waals surface area contributed by atoms with Crippen LogP contribution in [0.3, 0.4) is 0 Å². The van der Waals surface area contributed by atoms with Crippen LogP contribution in [0.1, 0.15) is 60.1 Å².